The van der Waals surface area contributed by atoms with E-state index in [1.807, 2.05) is 6.92 Å². The van der Waals surface area contributed by atoms with Gasteiger partial charge in [-0.2, -0.15) is 0 Å². The van der Waals surface area contributed by atoms with Gasteiger partial charge in [0.2, 0.25) is 0 Å². The molecule has 0 saturated heterocycles. The highest BCUT2D eigenvalue weighted by Crippen LogP contribution is 2.12. The van der Waals surface area contributed by atoms with Crippen molar-refractivity contribution in [3.63, 3.8) is 0 Å². The lowest BCUT2D eigenvalue weighted by molar-refractivity contribution is -0.144. The number of carboxylic acid groups (broad SMARTS) is 1. The fourth-order valence-electron chi connectivity index (χ4n) is 1.41. The number of amides is 2. The van der Waals surface area contributed by atoms with Crippen LogP contribution in [0.15, 0.2) is 0 Å². The molecular weight excluding hydrogens is 220 g/mol. The Labute approximate surface area is 102 Å². The topological polar surface area (TPSA) is 78.4 Å². The van der Waals surface area contributed by atoms with Gasteiger partial charge in [0.25, 0.3) is 0 Å². The fraction of sp³-hybridized carbons (Fsp3) is 0.667. The third-order valence-electron chi connectivity index (χ3n) is 2.39. The summed E-state index contributed by atoms with van der Waals surface area (Å²) in [5.74, 6) is 1.43. The minimum absolute atomic E-state index is 0.389. The van der Waals surface area contributed by atoms with Gasteiger partial charge in [0.05, 0.1) is 0 Å². The standard InChI is InChI=1S/C12H20N2O3/c1-4-6-7-9-13-11(17)14-12(3,8-5-2)10(15)16/h1H,5-9H2,2-3H3,(H,15,16)(H2,13,14,17). The number of hydrogen-bond acceptors (Lipinski definition) is 2. The molecule has 0 radical (unpaired) electrons. The molecule has 0 heterocycles. The van der Waals surface area contributed by atoms with E-state index >= 15 is 0 Å². The number of aliphatic carboxylic acids is 1. The molecule has 1 unspecified atom stereocenters. The molecule has 5 nitrogen and oxygen atoms in total. The Balaban J connectivity index is 4.14. The molecule has 0 spiro atoms. The summed E-state index contributed by atoms with van der Waals surface area (Å²) >= 11 is 0. The van der Waals surface area contributed by atoms with Crippen LogP contribution >= 0.6 is 0 Å². The van der Waals surface area contributed by atoms with Crippen LogP contribution in [0.5, 0.6) is 0 Å². The van der Waals surface area contributed by atoms with E-state index in [9.17, 15) is 9.59 Å². The SMILES string of the molecule is C#CCCCNC(=O)NC(C)(CCC)C(=O)O. The van der Waals surface area contributed by atoms with Gasteiger partial charge < -0.3 is 15.7 Å². The van der Waals surface area contributed by atoms with Gasteiger partial charge in [-0.25, -0.2) is 9.59 Å². The maximum Gasteiger partial charge on any atom is 0.329 e. The average molecular weight is 240 g/mol. The first-order valence-corrected chi connectivity index (χ1v) is 5.69. The molecule has 0 aliphatic carbocycles. The lowest BCUT2D eigenvalue weighted by Gasteiger charge is -2.25. The van der Waals surface area contributed by atoms with Crippen LogP contribution in [0.2, 0.25) is 0 Å². The summed E-state index contributed by atoms with van der Waals surface area (Å²) in [5.41, 5.74) is -1.22. The molecule has 0 aliphatic rings. The quantitative estimate of drug-likeness (QED) is 0.464. The monoisotopic (exact) mass is 240 g/mol. The number of nitrogens with one attached hydrogen (secondary N) is 2. The van der Waals surface area contributed by atoms with Gasteiger partial charge in [0.15, 0.2) is 0 Å². The van der Waals surface area contributed by atoms with Crippen molar-refractivity contribution in [3.05, 3.63) is 0 Å². The van der Waals surface area contributed by atoms with Crippen LogP contribution in [0.4, 0.5) is 4.79 Å². The highest BCUT2D eigenvalue weighted by molar-refractivity contribution is 5.85. The zero-order valence-corrected chi connectivity index (χ0v) is 10.4. The number of rotatable bonds is 7. The second-order valence-electron chi connectivity index (χ2n) is 4.08. The van der Waals surface area contributed by atoms with Gasteiger partial charge in [-0.15, -0.1) is 12.3 Å². The Bertz CT molecular complexity index is 309. The predicted octanol–water partition coefficient (Wildman–Crippen LogP) is 1.34. The van der Waals surface area contributed by atoms with Crippen molar-refractivity contribution >= 4 is 12.0 Å². The Morgan fingerprint density at radius 3 is 2.59 bits per heavy atom. The van der Waals surface area contributed by atoms with E-state index in [0.29, 0.717) is 32.2 Å². The van der Waals surface area contributed by atoms with Crippen molar-refractivity contribution < 1.29 is 14.7 Å². The summed E-state index contributed by atoms with van der Waals surface area (Å²) in [4.78, 5) is 22.5. The third kappa shape index (κ3) is 5.81. The van der Waals surface area contributed by atoms with E-state index in [2.05, 4.69) is 16.6 Å². The van der Waals surface area contributed by atoms with E-state index in [1.165, 1.54) is 6.92 Å². The summed E-state index contributed by atoms with van der Waals surface area (Å²) in [6, 6.07) is -0.472. The highest BCUT2D eigenvalue weighted by atomic mass is 16.4. The molecule has 0 bridgehead atoms. The molecule has 0 saturated carbocycles. The molecule has 0 aromatic rings. The molecule has 96 valence electrons. The second kappa shape index (κ2) is 7.55. The molecule has 0 fully saturated rings. The Morgan fingerprint density at radius 1 is 1.47 bits per heavy atom. The largest absolute Gasteiger partial charge is 0.480 e. The number of urea groups is 1. The zero-order chi connectivity index (χ0) is 13.3. The van der Waals surface area contributed by atoms with Gasteiger partial charge in [0, 0.05) is 13.0 Å². The van der Waals surface area contributed by atoms with E-state index in [-0.39, 0.29) is 0 Å². The van der Waals surface area contributed by atoms with E-state index < -0.39 is 17.5 Å². The summed E-state index contributed by atoms with van der Waals surface area (Å²) in [5, 5.41) is 14.1. The first kappa shape index (κ1) is 15.3. The summed E-state index contributed by atoms with van der Waals surface area (Å²) in [6.45, 7) is 3.81. The van der Waals surface area contributed by atoms with Gasteiger partial charge in [-0.05, 0) is 19.8 Å². The van der Waals surface area contributed by atoms with Crippen LogP contribution in [0.3, 0.4) is 0 Å². The van der Waals surface area contributed by atoms with Gasteiger partial charge in [0.1, 0.15) is 5.54 Å². The molecule has 0 aliphatic heterocycles. The number of hydrogen-bond donors (Lipinski definition) is 3. The van der Waals surface area contributed by atoms with Crippen LogP contribution in [0.25, 0.3) is 0 Å². The average Bonchev–Trinajstić information content (AvgIpc) is 2.24. The lowest BCUT2D eigenvalue weighted by Crippen LogP contribution is -2.55. The van der Waals surface area contributed by atoms with Crippen molar-refractivity contribution in [2.75, 3.05) is 6.54 Å². The number of carbonyl (C=O) groups excluding carboxylic acids is 1. The molecule has 0 rings (SSSR count). The van der Waals surface area contributed by atoms with E-state index in [1.54, 1.807) is 0 Å². The minimum Gasteiger partial charge on any atom is -0.480 e. The van der Waals surface area contributed by atoms with Gasteiger partial charge >= 0.3 is 12.0 Å². The normalized spacial score (nSPS) is 13.2. The second-order valence-corrected chi connectivity index (χ2v) is 4.08. The number of carbonyl (C=O) groups is 2. The molecule has 1 atom stereocenters. The fourth-order valence-corrected chi connectivity index (χ4v) is 1.41. The molecule has 5 heteroatoms. The van der Waals surface area contributed by atoms with Crippen LogP contribution in [0.1, 0.15) is 39.5 Å². The maximum absolute atomic E-state index is 11.5. The van der Waals surface area contributed by atoms with Gasteiger partial charge in [-0.1, -0.05) is 13.3 Å². The minimum atomic E-state index is -1.22. The molecule has 0 aromatic carbocycles. The van der Waals surface area contributed by atoms with Crippen LogP contribution in [0, 0.1) is 12.3 Å². The van der Waals surface area contributed by atoms with Crippen molar-refractivity contribution in [2.24, 2.45) is 0 Å². The third-order valence-corrected chi connectivity index (χ3v) is 2.39. The predicted molar refractivity (Wildman–Crippen MR) is 65.6 cm³/mol. The highest BCUT2D eigenvalue weighted by Gasteiger charge is 2.33. The van der Waals surface area contributed by atoms with Crippen molar-refractivity contribution in [1.82, 2.24) is 10.6 Å². The van der Waals surface area contributed by atoms with E-state index in [0.717, 1.165) is 0 Å². The van der Waals surface area contributed by atoms with Crippen LogP contribution in [-0.2, 0) is 4.79 Å². The molecule has 2 amide bonds. The van der Waals surface area contributed by atoms with Crippen LogP contribution < -0.4 is 10.6 Å². The van der Waals surface area contributed by atoms with Crippen molar-refractivity contribution in [1.29, 1.82) is 0 Å². The number of carboxylic acids is 1. The smallest absolute Gasteiger partial charge is 0.329 e. The summed E-state index contributed by atoms with van der Waals surface area (Å²) in [6.07, 6.45) is 7.41. The Hall–Kier alpha value is -1.70. The molecular formula is C12H20N2O3. The number of terminal acetylenes is 1. The Kier molecular flexibility index (Phi) is 6.80. The Morgan fingerprint density at radius 2 is 2.12 bits per heavy atom. The molecule has 3 N–H and O–H groups in total. The lowest BCUT2D eigenvalue weighted by atomic mass is 9.97. The first-order valence-electron chi connectivity index (χ1n) is 5.69. The van der Waals surface area contributed by atoms with Crippen molar-refractivity contribution in [2.45, 2.75) is 45.1 Å². The zero-order valence-electron chi connectivity index (χ0n) is 10.4. The first-order chi connectivity index (χ1) is 7.96. The molecule has 17 heavy (non-hydrogen) atoms. The van der Waals surface area contributed by atoms with Gasteiger partial charge in [-0.3, -0.25) is 0 Å². The van der Waals surface area contributed by atoms with E-state index in [4.69, 9.17) is 11.5 Å². The maximum atomic E-state index is 11.5. The summed E-state index contributed by atoms with van der Waals surface area (Å²) in [7, 11) is 0. The van der Waals surface area contributed by atoms with Crippen molar-refractivity contribution in [3.8, 4) is 12.3 Å². The summed E-state index contributed by atoms with van der Waals surface area (Å²) < 4.78 is 0. The number of unbranched alkanes of at least 4 members (excludes halogenated alkanes) is 1. The molecule has 0 aromatic heterocycles. The van der Waals surface area contributed by atoms with Crippen LogP contribution in [-0.4, -0.2) is 29.2 Å².